The van der Waals surface area contributed by atoms with Crippen molar-refractivity contribution >= 4 is 139 Å². The lowest BCUT2D eigenvalue weighted by atomic mass is 9.81. The minimum absolute atomic E-state index is 0.122. The van der Waals surface area contributed by atoms with Gasteiger partial charge in [-0.25, -0.2) is 40.0 Å². The molecule has 20 aromatic rings. The minimum atomic E-state index is -0.777. The van der Waals surface area contributed by atoms with E-state index in [0.29, 0.717) is 90.1 Å². The average molecular weight is 1680 g/mol. The van der Waals surface area contributed by atoms with Gasteiger partial charge in [-0.15, -0.1) is 0 Å². The van der Waals surface area contributed by atoms with Crippen molar-refractivity contribution in [1.82, 2.24) is 0 Å². The van der Waals surface area contributed by atoms with Gasteiger partial charge in [0.2, 0.25) is 0 Å². The first-order valence-electron chi connectivity index (χ1n) is 42.0. The van der Waals surface area contributed by atoms with Gasteiger partial charge in [-0.05, 0) is 196 Å². The summed E-state index contributed by atoms with van der Waals surface area (Å²) < 4.78 is 129. The highest BCUT2D eigenvalue weighted by molar-refractivity contribution is 6.30. The van der Waals surface area contributed by atoms with Crippen LogP contribution >= 0.6 is 0 Å². The second kappa shape index (κ2) is 33.0. The summed E-state index contributed by atoms with van der Waals surface area (Å²) >= 11 is 0. The van der Waals surface area contributed by atoms with Crippen LogP contribution in [0.25, 0.3) is 114 Å². The summed E-state index contributed by atoms with van der Waals surface area (Å²) in [5.41, 5.74) is 12.0. The summed E-state index contributed by atoms with van der Waals surface area (Å²) in [6.07, 6.45) is 0. The van der Waals surface area contributed by atoms with Crippen LogP contribution in [-0.2, 0) is 10.8 Å². The molecule has 6 nitrogen and oxygen atoms in total. The predicted molar refractivity (Wildman–Crippen MR) is 509 cm³/mol. The molecule has 0 aromatic heterocycles. The molecule has 0 amide bonds. The zero-order valence-electron chi connectivity index (χ0n) is 70.3. The van der Waals surface area contributed by atoms with Crippen LogP contribution in [0.1, 0.15) is 58.2 Å². The van der Waals surface area contributed by atoms with Gasteiger partial charge in [0, 0.05) is 90.8 Å². The van der Waals surface area contributed by atoms with Crippen LogP contribution in [-0.4, -0.2) is 0 Å². The molecule has 20 aromatic carbocycles. The topological polar surface area (TPSA) is 41.1 Å². The van der Waals surface area contributed by atoms with Gasteiger partial charge < -0.3 is 19.6 Å². The molecule has 0 saturated heterocycles. The van der Waals surface area contributed by atoms with Crippen LogP contribution in [0.2, 0.25) is 0 Å². The van der Waals surface area contributed by atoms with Gasteiger partial charge in [-0.2, -0.15) is 5.26 Å². The lowest BCUT2D eigenvalue weighted by Crippen LogP contribution is -2.17. The molecule has 14 heteroatoms. The van der Waals surface area contributed by atoms with Crippen LogP contribution < -0.4 is 19.6 Å². The van der Waals surface area contributed by atoms with Crippen LogP contribution in [0.15, 0.2) is 364 Å². The number of anilines is 12. The van der Waals surface area contributed by atoms with E-state index in [-0.39, 0.29) is 33.6 Å². The van der Waals surface area contributed by atoms with Gasteiger partial charge in [-0.1, -0.05) is 272 Å². The Kier molecular flexibility index (Phi) is 21.1. The van der Waals surface area contributed by atoms with Gasteiger partial charge in [0.05, 0.1) is 63.7 Å². The summed E-state index contributed by atoms with van der Waals surface area (Å²) in [6.45, 7) is 20.0. The Hall–Kier alpha value is -15.9. The van der Waals surface area contributed by atoms with Gasteiger partial charge in [0.1, 0.15) is 23.3 Å². The van der Waals surface area contributed by atoms with E-state index < -0.39 is 46.5 Å². The zero-order chi connectivity index (χ0) is 88.6. The minimum Gasteiger partial charge on any atom is -0.307 e. The largest absolute Gasteiger partial charge is 0.307 e. The van der Waals surface area contributed by atoms with Crippen molar-refractivity contribution < 1.29 is 35.1 Å². The molecular weight excluding hydrogens is 1610 g/mol. The highest BCUT2D eigenvalue weighted by atomic mass is 19.2. The smallest absolute Gasteiger partial charge is 0.187 e. The molecule has 0 saturated carbocycles. The first kappa shape index (κ1) is 81.7. The van der Waals surface area contributed by atoms with E-state index in [0.717, 1.165) is 111 Å². The Balaban J connectivity index is 0.000000167. The Labute approximate surface area is 735 Å². The summed E-state index contributed by atoms with van der Waals surface area (Å²) in [5.74, 6) is -5.78. The maximum absolute atomic E-state index is 17.1. The van der Waals surface area contributed by atoms with Gasteiger partial charge in [-0.3, -0.25) is 0 Å². The quantitative estimate of drug-likeness (QED) is 0.0548. The van der Waals surface area contributed by atoms with Crippen molar-refractivity contribution in [2.24, 2.45) is 0 Å². The van der Waals surface area contributed by atoms with E-state index in [4.69, 9.17) is 6.57 Å². The van der Waals surface area contributed by atoms with Gasteiger partial charge in [0.15, 0.2) is 29.0 Å². The summed E-state index contributed by atoms with van der Waals surface area (Å²) in [5, 5.41) is 20.0. The van der Waals surface area contributed by atoms with E-state index >= 15 is 35.1 Å². The number of nitrogens with zero attached hydrogens (tertiary/aromatic N) is 6. The first-order chi connectivity index (χ1) is 62.0. The Morgan fingerprint density at radius 3 is 0.789 bits per heavy atom. The van der Waals surface area contributed by atoms with E-state index in [1.54, 1.807) is 58.3 Å². The van der Waals surface area contributed by atoms with Crippen molar-refractivity contribution in [3.8, 4) is 50.6 Å². The van der Waals surface area contributed by atoms with Crippen molar-refractivity contribution in [3.05, 3.63) is 439 Å². The maximum atomic E-state index is 17.1. The molecule has 0 aliphatic rings. The van der Waals surface area contributed by atoms with E-state index in [1.165, 1.54) is 24.3 Å². The highest BCUT2D eigenvalue weighted by Gasteiger charge is 2.34. The fraction of sp³-hybridized carbons (Fsp3) is 0.0702. The standard InChI is InChI=1S/C60H48F4N2.C54H30F4N4/c1-59(2,3)49-23-15-13-21-43(49)47-33-39(61)35-51(63)57(47)65(41-17-9-7-10-18-41)53-31-27-37-26-30-46-54(32-28-38-25-29-45(53)55(37)56(38)46)66(42-19-11-8-12-20-42)58-48(34-40(62)36-52(58)64)44-22-14-16-24-50(44)60(4,5)6;1-60-40-22-16-35(17-23-40)46-29-39(56)31-48(58)54(46)62(42-10-6-3-7-11-42)50-27-21-37-18-24-43-49(26-20-36-19-25-44(50)52(37)51(36)43)61(41-8-4-2-5-9-41)53-45(28-38(55)30-47(53)57)34-14-12-33(32-59)13-15-34/h7-36H,1-6H3;2-31H. The number of hydrogen-bond donors (Lipinski definition) is 0. The number of rotatable bonds is 16. The third-order valence-corrected chi connectivity index (χ3v) is 23.9. The molecular formula is C114H78F8N6. The van der Waals surface area contributed by atoms with Crippen molar-refractivity contribution in [2.45, 2.75) is 52.4 Å². The molecule has 0 aliphatic carbocycles. The van der Waals surface area contributed by atoms with Crippen molar-refractivity contribution in [1.29, 1.82) is 5.26 Å². The average Bonchev–Trinajstić information content (AvgIpc) is 0.717. The van der Waals surface area contributed by atoms with Gasteiger partial charge >= 0.3 is 0 Å². The molecule has 20 rings (SSSR count). The number of halogens is 8. The number of hydrogen-bond acceptors (Lipinski definition) is 5. The summed E-state index contributed by atoms with van der Waals surface area (Å²) in [4.78, 5) is 10.9. The van der Waals surface area contributed by atoms with Crippen molar-refractivity contribution in [3.63, 3.8) is 0 Å². The SMILES string of the molecule is CC(C)(C)c1ccccc1-c1cc(F)cc(F)c1N(c1ccccc1)c1ccc2ccc3c(N(c4ccccc4)c4c(F)cc(F)cc4-c4ccccc4C(C)(C)C)ccc4ccc1c2c43.[C-]#[N+]c1ccc(-c2cc(F)cc(F)c2N(c2ccccc2)c2ccc3ccc4c(N(c5ccccc5)c5c(F)cc(F)cc5-c5ccc(C#N)cc5)ccc5ccc2c3c54)cc1. The van der Waals surface area contributed by atoms with E-state index in [2.05, 4.69) is 76.7 Å². The normalized spacial score (nSPS) is 11.7. The predicted octanol–water partition coefficient (Wildman–Crippen LogP) is 33.8. The second-order valence-electron chi connectivity index (χ2n) is 33.9. The third kappa shape index (κ3) is 14.7. The zero-order valence-corrected chi connectivity index (χ0v) is 70.3. The molecule has 0 N–H and O–H groups in total. The molecule has 0 aliphatic heterocycles. The fourth-order valence-corrected chi connectivity index (χ4v) is 18.4. The lowest BCUT2D eigenvalue weighted by molar-refractivity contribution is 0.582. The third-order valence-electron chi connectivity index (χ3n) is 23.9. The van der Waals surface area contributed by atoms with Crippen LogP contribution in [0.4, 0.5) is 109 Å². The van der Waals surface area contributed by atoms with Crippen LogP contribution in [0, 0.1) is 64.4 Å². The molecule has 0 spiro atoms. The monoisotopic (exact) mass is 1680 g/mol. The summed E-state index contributed by atoms with van der Waals surface area (Å²) in [6, 6.07) is 110. The number of nitriles is 1. The summed E-state index contributed by atoms with van der Waals surface area (Å²) in [7, 11) is 0. The Morgan fingerprint density at radius 2 is 0.516 bits per heavy atom. The second-order valence-corrected chi connectivity index (χ2v) is 33.9. The molecule has 0 heterocycles. The van der Waals surface area contributed by atoms with E-state index in [1.807, 2.05) is 252 Å². The lowest BCUT2D eigenvalue weighted by Gasteiger charge is -2.32. The molecule has 0 radical (unpaired) electrons. The molecule has 620 valence electrons. The molecule has 0 bridgehead atoms. The fourth-order valence-electron chi connectivity index (χ4n) is 18.4. The number of para-hydroxylation sites is 4. The van der Waals surface area contributed by atoms with Crippen LogP contribution in [0.3, 0.4) is 0 Å². The molecule has 128 heavy (non-hydrogen) atoms. The Bertz CT molecular complexity index is 7320. The van der Waals surface area contributed by atoms with Gasteiger partial charge in [0.25, 0.3) is 0 Å². The Morgan fingerprint density at radius 1 is 0.266 bits per heavy atom. The highest BCUT2D eigenvalue weighted by Crippen LogP contribution is 2.56. The van der Waals surface area contributed by atoms with Crippen LogP contribution in [0.5, 0.6) is 0 Å². The molecule has 0 fully saturated rings. The van der Waals surface area contributed by atoms with Crippen molar-refractivity contribution in [2.75, 3.05) is 19.6 Å². The maximum Gasteiger partial charge on any atom is 0.187 e. The first-order valence-corrected chi connectivity index (χ1v) is 42.0. The molecule has 0 unspecified atom stereocenters. The number of benzene rings is 20. The molecule has 0 atom stereocenters. The van der Waals surface area contributed by atoms with E-state index in [9.17, 15) is 5.26 Å².